The first-order valence-corrected chi connectivity index (χ1v) is 4.15. The molecule has 0 atom stereocenters. The SMILES string of the molecule is O=Cc1cc2n(n1)CSC2. The van der Waals surface area contributed by atoms with E-state index in [1.165, 1.54) is 0 Å². The summed E-state index contributed by atoms with van der Waals surface area (Å²) in [5, 5.41) is 4.04. The van der Waals surface area contributed by atoms with E-state index < -0.39 is 0 Å². The smallest absolute Gasteiger partial charge is 0.170 e. The number of nitrogens with zero attached hydrogens (tertiary/aromatic N) is 2. The number of carbonyl (C=O) groups is 1. The number of thioether (sulfide) groups is 1. The molecule has 2 heterocycles. The molecule has 0 N–H and O–H groups in total. The molecule has 0 unspecified atom stereocenters. The molecule has 0 saturated heterocycles. The maximum absolute atomic E-state index is 10.2. The van der Waals surface area contributed by atoms with Gasteiger partial charge >= 0.3 is 0 Å². The molecule has 2 rings (SSSR count). The lowest BCUT2D eigenvalue weighted by Crippen LogP contribution is -1.93. The Balaban J connectivity index is 2.46. The van der Waals surface area contributed by atoms with E-state index >= 15 is 0 Å². The van der Waals surface area contributed by atoms with E-state index in [2.05, 4.69) is 5.10 Å². The molecule has 0 aliphatic carbocycles. The van der Waals surface area contributed by atoms with Gasteiger partial charge in [-0.3, -0.25) is 9.48 Å². The Morgan fingerprint density at radius 1 is 1.80 bits per heavy atom. The van der Waals surface area contributed by atoms with Crippen molar-refractivity contribution in [3.63, 3.8) is 0 Å². The number of fused-ring (bicyclic) bond motifs is 1. The molecule has 1 aliphatic heterocycles. The van der Waals surface area contributed by atoms with Crippen molar-refractivity contribution in [1.29, 1.82) is 0 Å². The predicted octanol–water partition coefficient (Wildman–Crippen LogP) is 0.900. The molecule has 0 spiro atoms. The van der Waals surface area contributed by atoms with Gasteiger partial charge in [0.25, 0.3) is 0 Å². The van der Waals surface area contributed by atoms with Crippen molar-refractivity contribution < 1.29 is 4.79 Å². The quantitative estimate of drug-likeness (QED) is 0.564. The van der Waals surface area contributed by atoms with Crippen molar-refractivity contribution >= 4 is 18.0 Å². The lowest BCUT2D eigenvalue weighted by molar-refractivity contribution is 0.111. The highest BCUT2D eigenvalue weighted by molar-refractivity contribution is 7.97. The monoisotopic (exact) mass is 154 g/mol. The lowest BCUT2D eigenvalue weighted by Gasteiger charge is -1.87. The van der Waals surface area contributed by atoms with E-state index in [1.54, 1.807) is 0 Å². The van der Waals surface area contributed by atoms with Crippen LogP contribution in [0.4, 0.5) is 0 Å². The zero-order valence-electron chi connectivity index (χ0n) is 5.28. The highest BCUT2D eigenvalue weighted by Crippen LogP contribution is 2.22. The van der Waals surface area contributed by atoms with Crippen molar-refractivity contribution in [3.8, 4) is 0 Å². The Morgan fingerprint density at radius 3 is 3.40 bits per heavy atom. The highest BCUT2D eigenvalue weighted by Gasteiger charge is 2.12. The fraction of sp³-hybridized carbons (Fsp3) is 0.333. The molecule has 10 heavy (non-hydrogen) atoms. The van der Waals surface area contributed by atoms with E-state index in [1.807, 2.05) is 22.5 Å². The third-order valence-electron chi connectivity index (χ3n) is 1.47. The molecule has 3 nitrogen and oxygen atoms in total. The van der Waals surface area contributed by atoms with E-state index in [0.717, 1.165) is 23.6 Å². The summed E-state index contributed by atoms with van der Waals surface area (Å²) in [6, 6.07) is 1.84. The average molecular weight is 154 g/mol. The van der Waals surface area contributed by atoms with Gasteiger partial charge in [-0.25, -0.2) is 0 Å². The third kappa shape index (κ3) is 0.759. The second kappa shape index (κ2) is 2.12. The van der Waals surface area contributed by atoms with Crippen LogP contribution in [0.5, 0.6) is 0 Å². The molecule has 1 aromatic heterocycles. The topological polar surface area (TPSA) is 34.9 Å². The van der Waals surface area contributed by atoms with Gasteiger partial charge in [-0.1, -0.05) is 0 Å². The summed E-state index contributed by atoms with van der Waals surface area (Å²) in [7, 11) is 0. The Morgan fingerprint density at radius 2 is 2.70 bits per heavy atom. The minimum Gasteiger partial charge on any atom is -0.296 e. The number of aldehydes is 1. The van der Waals surface area contributed by atoms with Crippen LogP contribution in [0.25, 0.3) is 0 Å². The fourth-order valence-electron chi connectivity index (χ4n) is 1.000. The molecule has 0 aromatic carbocycles. The van der Waals surface area contributed by atoms with E-state index in [4.69, 9.17) is 0 Å². The summed E-state index contributed by atoms with van der Waals surface area (Å²) in [5.41, 5.74) is 1.71. The Labute approximate surface area is 62.4 Å². The second-order valence-electron chi connectivity index (χ2n) is 2.16. The summed E-state index contributed by atoms with van der Waals surface area (Å²) >= 11 is 1.81. The van der Waals surface area contributed by atoms with Crippen LogP contribution in [0.1, 0.15) is 16.2 Å². The van der Waals surface area contributed by atoms with Gasteiger partial charge in [0.15, 0.2) is 6.29 Å². The van der Waals surface area contributed by atoms with Crippen LogP contribution in [0.15, 0.2) is 6.07 Å². The van der Waals surface area contributed by atoms with Crippen LogP contribution in [0.3, 0.4) is 0 Å². The van der Waals surface area contributed by atoms with Gasteiger partial charge in [-0.2, -0.15) is 5.10 Å². The van der Waals surface area contributed by atoms with E-state index in [9.17, 15) is 4.79 Å². The summed E-state index contributed by atoms with van der Waals surface area (Å²) in [6.45, 7) is 0. The zero-order valence-corrected chi connectivity index (χ0v) is 6.10. The minimum atomic E-state index is 0.551. The molecule has 0 fully saturated rings. The van der Waals surface area contributed by atoms with Gasteiger partial charge in [-0.05, 0) is 6.07 Å². The fourth-order valence-corrected chi connectivity index (χ4v) is 1.93. The third-order valence-corrected chi connectivity index (χ3v) is 2.39. The largest absolute Gasteiger partial charge is 0.296 e. The minimum absolute atomic E-state index is 0.551. The molecule has 0 saturated carbocycles. The standard InChI is InChI=1S/C6H6N2OS/c9-2-5-1-6-3-10-4-8(6)7-5/h1-2H,3-4H2. The number of hydrogen-bond donors (Lipinski definition) is 0. The number of rotatable bonds is 1. The first kappa shape index (κ1) is 5.97. The summed E-state index contributed by atoms with van der Waals surface area (Å²) < 4.78 is 1.87. The normalized spacial score (nSPS) is 15.2. The van der Waals surface area contributed by atoms with Crippen molar-refractivity contribution in [3.05, 3.63) is 17.5 Å². The molecular weight excluding hydrogens is 148 g/mol. The van der Waals surface area contributed by atoms with Crippen molar-refractivity contribution in [2.45, 2.75) is 11.6 Å². The molecule has 52 valence electrons. The summed E-state index contributed by atoms with van der Waals surface area (Å²) in [5.74, 6) is 1.88. The molecule has 4 heteroatoms. The second-order valence-corrected chi connectivity index (χ2v) is 3.11. The van der Waals surface area contributed by atoms with Gasteiger partial charge in [-0.15, -0.1) is 11.8 Å². The van der Waals surface area contributed by atoms with Gasteiger partial charge in [0.1, 0.15) is 5.69 Å². The molecule has 0 bridgehead atoms. The van der Waals surface area contributed by atoms with Crippen LogP contribution in [0, 0.1) is 0 Å². The van der Waals surface area contributed by atoms with Crippen LogP contribution in [0.2, 0.25) is 0 Å². The van der Waals surface area contributed by atoms with E-state index in [0.29, 0.717) is 5.69 Å². The lowest BCUT2D eigenvalue weighted by atomic mass is 10.4. The number of hydrogen-bond acceptors (Lipinski definition) is 3. The molecule has 0 radical (unpaired) electrons. The molecule has 1 aromatic rings. The van der Waals surface area contributed by atoms with Gasteiger partial charge in [0, 0.05) is 5.75 Å². The Hall–Kier alpha value is -0.770. The van der Waals surface area contributed by atoms with Crippen LogP contribution in [-0.2, 0) is 11.6 Å². The van der Waals surface area contributed by atoms with Crippen LogP contribution < -0.4 is 0 Å². The maximum atomic E-state index is 10.2. The Kier molecular flexibility index (Phi) is 1.27. The number of aromatic nitrogens is 2. The van der Waals surface area contributed by atoms with Gasteiger partial charge in [0.2, 0.25) is 0 Å². The summed E-state index contributed by atoms with van der Waals surface area (Å²) in [4.78, 5) is 10.2. The van der Waals surface area contributed by atoms with Gasteiger partial charge < -0.3 is 0 Å². The van der Waals surface area contributed by atoms with Crippen LogP contribution >= 0.6 is 11.8 Å². The highest BCUT2D eigenvalue weighted by atomic mass is 32.2. The predicted molar refractivity (Wildman–Crippen MR) is 38.9 cm³/mol. The van der Waals surface area contributed by atoms with E-state index in [-0.39, 0.29) is 0 Å². The van der Waals surface area contributed by atoms with Gasteiger partial charge in [0.05, 0.1) is 11.6 Å². The first-order chi connectivity index (χ1) is 4.90. The first-order valence-electron chi connectivity index (χ1n) is 3.00. The average Bonchev–Trinajstić information content (AvgIpc) is 2.42. The van der Waals surface area contributed by atoms with Crippen LogP contribution in [-0.4, -0.2) is 16.1 Å². The zero-order chi connectivity index (χ0) is 6.97. The molecule has 0 amide bonds. The van der Waals surface area contributed by atoms with Crippen molar-refractivity contribution in [1.82, 2.24) is 9.78 Å². The Bertz CT molecular complexity index is 247. The maximum Gasteiger partial charge on any atom is 0.170 e. The molecular formula is C6H6N2OS. The summed E-state index contributed by atoms with van der Waals surface area (Å²) in [6.07, 6.45) is 0.788. The number of carbonyl (C=O) groups excluding carboxylic acids is 1. The van der Waals surface area contributed by atoms with Crippen molar-refractivity contribution in [2.24, 2.45) is 0 Å². The van der Waals surface area contributed by atoms with Crippen molar-refractivity contribution in [2.75, 3.05) is 0 Å². The molecule has 1 aliphatic rings.